The number of hydrogen-bond donors (Lipinski definition) is 3. The van der Waals surface area contributed by atoms with Gasteiger partial charge < -0.3 is 15.5 Å². The van der Waals surface area contributed by atoms with Gasteiger partial charge in [0, 0.05) is 25.4 Å². The summed E-state index contributed by atoms with van der Waals surface area (Å²) in [7, 11) is 0. The molecule has 0 saturated carbocycles. The third-order valence-electron chi connectivity index (χ3n) is 3.16. The maximum atomic E-state index is 8.86. The lowest BCUT2D eigenvalue weighted by atomic mass is 10.1. The zero-order valence-corrected chi connectivity index (χ0v) is 12.1. The molecule has 21 heavy (non-hydrogen) atoms. The second-order valence-electron chi connectivity index (χ2n) is 4.93. The lowest BCUT2D eigenvalue weighted by Crippen LogP contribution is -2.01. The number of aromatic nitrogens is 3. The number of aryl methyl sites for hydroxylation is 2. The first-order valence-corrected chi connectivity index (χ1v) is 7.25. The Morgan fingerprint density at radius 2 is 2.00 bits per heavy atom. The van der Waals surface area contributed by atoms with Gasteiger partial charge in [-0.25, -0.2) is 0 Å². The highest BCUT2D eigenvalue weighted by atomic mass is 16.3. The molecule has 0 atom stereocenters. The molecule has 0 radical (unpaired) electrons. The topological polar surface area (TPSA) is 83.2 Å². The van der Waals surface area contributed by atoms with Crippen LogP contribution in [0.3, 0.4) is 0 Å². The van der Waals surface area contributed by atoms with Crippen LogP contribution in [0.5, 0.6) is 0 Å². The van der Waals surface area contributed by atoms with Gasteiger partial charge in [0.2, 0.25) is 0 Å². The lowest BCUT2D eigenvalue weighted by Gasteiger charge is -2.06. The van der Waals surface area contributed by atoms with Crippen molar-refractivity contribution in [3.63, 3.8) is 0 Å². The summed E-state index contributed by atoms with van der Waals surface area (Å²) in [5.74, 6) is 0. The summed E-state index contributed by atoms with van der Waals surface area (Å²) >= 11 is 0. The van der Waals surface area contributed by atoms with Gasteiger partial charge in [0.25, 0.3) is 0 Å². The minimum absolute atomic E-state index is 0.161. The van der Waals surface area contributed by atoms with Crippen LogP contribution in [0.15, 0.2) is 30.5 Å². The maximum Gasteiger partial charge on any atom is 0.102 e. The molecular formula is C15H22N4O2. The monoisotopic (exact) mass is 290 g/mol. The third-order valence-corrected chi connectivity index (χ3v) is 3.16. The number of aliphatic hydroxyl groups excluding tert-OH is 2. The zero-order valence-electron chi connectivity index (χ0n) is 12.1. The highest BCUT2D eigenvalue weighted by Gasteiger charge is 2.01. The van der Waals surface area contributed by atoms with E-state index in [1.54, 1.807) is 4.68 Å². The van der Waals surface area contributed by atoms with E-state index in [0.29, 0.717) is 19.5 Å². The largest absolute Gasteiger partial charge is 0.396 e. The van der Waals surface area contributed by atoms with E-state index in [4.69, 9.17) is 10.2 Å². The molecule has 1 aromatic heterocycles. The summed E-state index contributed by atoms with van der Waals surface area (Å²) in [4.78, 5) is 0. The Hall–Kier alpha value is -1.92. The van der Waals surface area contributed by atoms with Crippen LogP contribution in [0.2, 0.25) is 0 Å². The van der Waals surface area contributed by atoms with Crippen LogP contribution in [0.1, 0.15) is 24.1 Å². The fraction of sp³-hybridized carbons (Fsp3) is 0.467. The van der Waals surface area contributed by atoms with E-state index in [9.17, 15) is 0 Å². The molecule has 1 heterocycles. The fourth-order valence-electron chi connectivity index (χ4n) is 2.07. The molecule has 6 heteroatoms. The Kier molecular flexibility index (Phi) is 6.18. The van der Waals surface area contributed by atoms with Crippen LogP contribution in [0.25, 0.3) is 0 Å². The molecule has 0 saturated heterocycles. The van der Waals surface area contributed by atoms with Crippen molar-refractivity contribution in [2.24, 2.45) is 0 Å². The summed E-state index contributed by atoms with van der Waals surface area (Å²) in [6.07, 6.45) is 4.23. The van der Waals surface area contributed by atoms with Crippen LogP contribution in [-0.2, 0) is 19.5 Å². The van der Waals surface area contributed by atoms with Gasteiger partial charge in [0.15, 0.2) is 0 Å². The van der Waals surface area contributed by atoms with E-state index < -0.39 is 0 Å². The Labute approximate surface area is 124 Å². The first-order chi connectivity index (χ1) is 10.3. The van der Waals surface area contributed by atoms with Crippen LogP contribution in [0.4, 0.5) is 5.69 Å². The van der Waals surface area contributed by atoms with Crippen molar-refractivity contribution in [1.82, 2.24) is 15.0 Å². The Balaban J connectivity index is 1.86. The predicted molar refractivity (Wildman–Crippen MR) is 80.9 cm³/mol. The number of nitrogens with zero attached hydrogens (tertiary/aromatic N) is 3. The molecule has 1 aromatic carbocycles. The molecule has 0 spiro atoms. The van der Waals surface area contributed by atoms with E-state index in [1.165, 1.54) is 5.56 Å². The summed E-state index contributed by atoms with van der Waals surface area (Å²) in [6.45, 7) is 1.67. The van der Waals surface area contributed by atoms with Gasteiger partial charge in [-0.1, -0.05) is 17.3 Å². The van der Waals surface area contributed by atoms with Crippen molar-refractivity contribution in [2.75, 3.05) is 18.5 Å². The molecule has 0 bridgehead atoms. The van der Waals surface area contributed by atoms with E-state index in [-0.39, 0.29) is 13.2 Å². The highest BCUT2D eigenvalue weighted by molar-refractivity contribution is 5.45. The van der Waals surface area contributed by atoms with E-state index in [2.05, 4.69) is 27.8 Å². The SMILES string of the molecule is OCCCc1cccc(NCc2cn(CCCO)nn2)c1. The van der Waals surface area contributed by atoms with Crippen LogP contribution >= 0.6 is 0 Å². The van der Waals surface area contributed by atoms with Gasteiger partial charge >= 0.3 is 0 Å². The quantitative estimate of drug-likeness (QED) is 0.646. The summed E-state index contributed by atoms with van der Waals surface area (Å²) in [6, 6.07) is 8.17. The maximum absolute atomic E-state index is 8.86. The van der Waals surface area contributed by atoms with Crippen molar-refractivity contribution in [1.29, 1.82) is 0 Å². The third kappa shape index (κ3) is 5.17. The number of aliphatic hydroxyl groups is 2. The molecule has 3 N–H and O–H groups in total. The van der Waals surface area contributed by atoms with E-state index >= 15 is 0 Å². The molecular weight excluding hydrogens is 268 g/mol. The average Bonchev–Trinajstić information content (AvgIpc) is 2.97. The molecule has 114 valence electrons. The second-order valence-corrected chi connectivity index (χ2v) is 4.93. The van der Waals surface area contributed by atoms with Crippen molar-refractivity contribution in [3.8, 4) is 0 Å². The molecule has 0 fully saturated rings. The summed E-state index contributed by atoms with van der Waals surface area (Å²) < 4.78 is 1.74. The van der Waals surface area contributed by atoms with Gasteiger partial charge in [-0.15, -0.1) is 5.10 Å². The van der Waals surface area contributed by atoms with Crippen molar-refractivity contribution in [2.45, 2.75) is 32.4 Å². The minimum atomic E-state index is 0.161. The molecule has 0 aliphatic rings. The van der Waals surface area contributed by atoms with Crippen LogP contribution in [0, 0.1) is 0 Å². The molecule has 0 amide bonds. The van der Waals surface area contributed by atoms with Gasteiger partial charge in [0.1, 0.15) is 5.69 Å². The van der Waals surface area contributed by atoms with E-state index in [0.717, 1.165) is 24.2 Å². The Morgan fingerprint density at radius 3 is 2.81 bits per heavy atom. The van der Waals surface area contributed by atoms with Crippen LogP contribution in [-0.4, -0.2) is 38.4 Å². The first-order valence-electron chi connectivity index (χ1n) is 7.25. The Bertz CT molecular complexity index is 542. The smallest absolute Gasteiger partial charge is 0.102 e. The second kappa shape index (κ2) is 8.39. The van der Waals surface area contributed by atoms with Crippen molar-refractivity contribution >= 4 is 5.69 Å². The predicted octanol–water partition coefficient (Wildman–Crippen LogP) is 1.20. The number of nitrogens with one attached hydrogen (secondary N) is 1. The van der Waals surface area contributed by atoms with Gasteiger partial charge in [-0.05, 0) is 37.0 Å². The summed E-state index contributed by atoms with van der Waals surface area (Å²) in [5.41, 5.74) is 3.12. The molecule has 0 unspecified atom stereocenters. The number of rotatable bonds is 9. The van der Waals surface area contributed by atoms with E-state index in [1.807, 2.05) is 18.3 Å². The molecule has 6 nitrogen and oxygen atoms in total. The lowest BCUT2D eigenvalue weighted by molar-refractivity contribution is 0.276. The summed E-state index contributed by atoms with van der Waals surface area (Å²) in [5, 5.41) is 29.1. The average molecular weight is 290 g/mol. The fourth-order valence-corrected chi connectivity index (χ4v) is 2.07. The Morgan fingerprint density at radius 1 is 1.14 bits per heavy atom. The van der Waals surface area contributed by atoms with Crippen molar-refractivity contribution < 1.29 is 10.2 Å². The first kappa shape index (κ1) is 15.5. The van der Waals surface area contributed by atoms with Crippen molar-refractivity contribution in [3.05, 3.63) is 41.7 Å². The zero-order chi connectivity index (χ0) is 14.9. The number of anilines is 1. The highest BCUT2D eigenvalue weighted by Crippen LogP contribution is 2.13. The van der Waals surface area contributed by atoms with Gasteiger partial charge in [0.05, 0.1) is 12.7 Å². The molecule has 2 rings (SSSR count). The molecule has 2 aromatic rings. The molecule has 0 aliphatic carbocycles. The minimum Gasteiger partial charge on any atom is -0.396 e. The normalized spacial score (nSPS) is 10.8. The van der Waals surface area contributed by atoms with Gasteiger partial charge in [-0.3, -0.25) is 4.68 Å². The number of benzene rings is 1. The van der Waals surface area contributed by atoms with Gasteiger partial charge in [-0.2, -0.15) is 0 Å². The van der Waals surface area contributed by atoms with Crippen LogP contribution < -0.4 is 5.32 Å². The standard InChI is InChI=1S/C15H22N4O2/c20-8-2-5-13-4-1-6-14(10-13)16-11-15-12-19(18-17-15)7-3-9-21/h1,4,6,10,12,16,20-21H,2-3,5,7-9,11H2. The molecule has 0 aliphatic heterocycles. The number of hydrogen-bond acceptors (Lipinski definition) is 5.